The number of nitrogens with one attached hydrogen (secondary N) is 1. The molecule has 0 saturated carbocycles. The first kappa shape index (κ1) is 15.7. The average molecular weight is 334 g/mol. The highest BCUT2D eigenvalue weighted by atomic mass is 35.5. The monoisotopic (exact) mass is 333 g/mol. The topological polar surface area (TPSA) is 72.0 Å². The zero-order valence-electron chi connectivity index (χ0n) is 10.7. The molecule has 1 N–H and O–H groups in total. The second-order valence-corrected chi connectivity index (χ2v) is 6.26. The van der Waals surface area contributed by atoms with E-state index in [9.17, 15) is 17.2 Å². The lowest BCUT2D eigenvalue weighted by Crippen LogP contribution is -2.27. The highest BCUT2D eigenvalue weighted by molar-refractivity contribution is 7.89. The van der Waals surface area contributed by atoms with Crippen molar-refractivity contribution in [1.82, 2.24) is 14.7 Å². The molecule has 1 heterocycles. The third-order valence-corrected chi connectivity index (χ3v) is 4.37. The van der Waals surface area contributed by atoms with Gasteiger partial charge in [-0.05, 0) is 36.2 Å². The van der Waals surface area contributed by atoms with Gasteiger partial charge in [0.15, 0.2) is 11.6 Å². The van der Waals surface area contributed by atoms with E-state index in [0.717, 1.165) is 24.5 Å². The van der Waals surface area contributed by atoms with Crippen LogP contribution in [0.4, 0.5) is 8.78 Å². The number of halogens is 3. The van der Waals surface area contributed by atoms with Gasteiger partial charge in [0.2, 0.25) is 15.3 Å². The summed E-state index contributed by atoms with van der Waals surface area (Å²) in [5.74, 6) is -2.05. The molecule has 2 rings (SSSR count). The summed E-state index contributed by atoms with van der Waals surface area (Å²) in [6, 6.07) is 2.40. The van der Waals surface area contributed by atoms with Crippen molar-refractivity contribution in [2.24, 2.45) is 0 Å². The maximum atomic E-state index is 13.2. The molecule has 0 saturated heterocycles. The largest absolute Gasteiger partial charge is 0.244 e. The van der Waals surface area contributed by atoms with Crippen LogP contribution in [0.2, 0.25) is 5.28 Å². The second-order valence-electron chi connectivity index (χ2n) is 4.20. The summed E-state index contributed by atoms with van der Waals surface area (Å²) in [4.78, 5) is 6.97. The minimum Gasteiger partial charge on any atom is -0.225 e. The van der Waals surface area contributed by atoms with Gasteiger partial charge in [-0.3, -0.25) is 0 Å². The molecular weight excluding hydrogens is 324 g/mol. The number of sulfonamides is 1. The van der Waals surface area contributed by atoms with Gasteiger partial charge in [0.05, 0.1) is 12.4 Å². The van der Waals surface area contributed by atoms with E-state index in [1.54, 1.807) is 0 Å². The first-order valence-corrected chi connectivity index (χ1v) is 7.60. The maximum absolute atomic E-state index is 13.2. The van der Waals surface area contributed by atoms with Crippen LogP contribution in [0.15, 0.2) is 35.5 Å². The molecule has 0 fully saturated rings. The molecule has 112 valence electrons. The highest BCUT2D eigenvalue weighted by Gasteiger charge is 2.20. The van der Waals surface area contributed by atoms with Gasteiger partial charge in [-0.1, -0.05) is 6.07 Å². The van der Waals surface area contributed by atoms with Gasteiger partial charge in [-0.2, -0.15) is 0 Å². The summed E-state index contributed by atoms with van der Waals surface area (Å²) in [7, 11) is -3.90. The van der Waals surface area contributed by atoms with Gasteiger partial charge in [-0.25, -0.2) is 31.9 Å². The quantitative estimate of drug-likeness (QED) is 0.872. The zero-order chi connectivity index (χ0) is 15.6. The minimum absolute atomic E-state index is 0.0809. The summed E-state index contributed by atoms with van der Waals surface area (Å²) in [5.41, 5.74) is 0.285. The first-order chi connectivity index (χ1) is 9.79. The van der Waals surface area contributed by atoms with E-state index < -0.39 is 27.7 Å². The number of nitrogens with zero attached hydrogens (tertiary/aromatic N) is 2. The van der Waals surface area contributed by atoms with E-state index in [2.05, 4.69) is 14.7 Å². The van der Waals surface area contributed by atoms with Crippen LogP contribution in [0.3, 0.4) is 0 Å². The minimum atomic E-state index is -3.90. The molecule has 0 aliphatic heterocycles. The van der Waals surface area contributed by atoms with E-state index in [4.69, 9.17) is 11.6 Å². The average Bonchev–Trinajstić information content (AvgIpc) is 2.41. The van der Waals surface area contributed by atoms with Crippen LogP contribution < -0.4 is 4.72 Å². The lowest BCUT2D eigenvalue weighted by molar-refractivity contribution is 0.504. The van der Waals surface area contributed by atoms with Gasteiger partial charge >= 0.3 is 0 Å². The predicted molar refractivity (Wildman–Crippen MR) is 72.1 cm³/mol. The van der Waals surface area contributed by atoms with Crippen LogP contribution in [0.1, 0.15) is 18.5 Å². The van der Waals surface area contributed by atoms with Crippen LogP contribution >= 0.6 is 11.6 Å². The molecule has 0 aliphatic carbocycles. The molecule has 0 aliphatic rings. The van der Waals surface area contributed by atoms with E-state index in [0.29, 0.717) is 0 Å². The molecule has 0 radical (unpaired) electrons. The van der Waals surface area contributed by atoms with E-state index in [1.165, 1.54) is 13.0 Å². The Hall–Kier alpha value is -1.64. The van der Waals surface area contributed by atoms with Gasteiger partial charge < -0.3 is 0 Å². The molecule has 2 aromatic rings. The van der Waals surface area contributed by atoms with Crippen LogP contribution in [0.25, 0.3) is 0 Å². The fourth-order valence-electron chi connectivity index (χ4n) is 1.59. The molecular formula is C12H10ClF2N3O2S. The summed E-state index contributed by atoms with van der Waals surface area (Å²) in [6.45, 7) is 1.50. The van der Waals surface area contributed by atoms with E-state index in [1.807, 2.05) is 0 Å². The number of hydrogen-bond donors (Lipinski definition) is 1. The Morgan fingerprint density at radius 2 is 1.81 bits per heavy atom. The molecule has 21 heavy (non-hydrogen) atoms. The standard InChI is InChI=1S/C12H10ClF2N3O2S/c1-7(8-2-3-10(14)11(15)4-8)18-21(19,20)9-5-16-12(13)17-6-9/h2-7,18H,1H3. The molecule has 1 atom stereocenters. The van der Waals surface area contributed by atoms with Crippen LogP contribution in [-0.2, 0) is 10.0 Å². The zero-order valence-corrected chi connectivity index (χ0v) is 12.3. The Kier molecular flexibility index (Phi) is 4.50. The third-order valence-electron chi connectivity index (χ3n) is 2.68. The molecule has 1 unspecified atom stereocenters. The molecule has 0 spiro atoms. The van der Waals surface area contributed by atoms with Crippen molar-refractivity contribution in [3.63, 3.8) is 0 Å². The lowest BCUT2D eigenvalue weighted by Gasteiger charge is -2.14. The van der Waals surface area contributed by atoms with Crippen molar-refractivity contribution in [3.8, 4) is 0 Å². The normalized spacial score (nSPS) is 13.1. The highest BCUT2D eigenvalue weighted by Crippen LogP contribution is 2.18. The number of benzene rings is 1. The molecule has 9 heteroatoms. The van der Waals surface area contributed by atoms with Crippen molar-refractivity contribution in [2.45, 2.75) is 17.9 Å². The van der Waals surface area contributed by atoms with Crippen LogP contribution in [0, 0.1) is 11.6 Å². The second kappa shape index (κ2) is 6.00. The predicted octanol–water partition coefficient (Wildman–Crippen LogP) is 2.45. The smallest absolute Gasteiger partial charge is 0.225 e. The van der Waals surface area contributed by atoms with Crippen molar-refractivity contribution >= 4 is 21.6 Å². The summed E-state index contributed by atoms with van der Waals surface area (Å²) in [5, 5.41) is -0.0809. The van der Waals surface area contributed by atoms with Crippen molar-refractivity contribution < 1.29 is 17.2 Å². The molecule has 0 amide bonds. The number of aromatic nitrogens is 2. The first-order valence-electron chi connectivity index (χ1n) is 5.74. The lowest BCUT2D eigenvalue weighted by atomic mass is 10.1. The van der Waals surface area contributed by atoms with Crippen LogP contribution in [0.5, 0.6) is 0 Å². The van der Waals surface area contributed by atoms with Gasteiger partial charge in [0.1, 0.15) is 4.90 Å². The van der Waals surface area contributed by atoms with Crippen LogP contribution in [-0.4, -0.2) is 18.4 Å². The Morgan fingerprint density at radius 3 is 2.38 bits per heavy atom. The Bertz CT molecular complexity index is 754. The molecule has 5 nitrogen and oxygen atoms in total. The number of hydrogen-bond acceptors (Lipinski definition) is 4. The van der Waals surface area contributed by atoms with Crippen molar-refractivity contribution in [1.29, 1.82) is 0 Å². The van der Waals surface area contributed by atoms with Crippen molar-refractivity contribution in [3.05, 3.63) is 53.1 Å². The summed E-state index contributed by atoms with van der Waals surface area (Å²) in [6.07, 6.45) is 2.10. The third kappa shape index (κ3) is 3.72. The SMILES string of the molecule is CC(NS(=O)(=O)c1cnc(Cl)nc1)c1ccc(F)c(F)c1. The summed E-state index contributed by atoms with van der Waals surface area (Å²) < 4.78 is 52.5. The van der Waals surface area contributed by atoms with Gasteiger partial charge in [-0.15, -0.1) is 0 Å². The maximum Gasteiger partial charge on any atom is 0.244 e. The van der Waals surface area contributed by atoms with Crippen molar-refractivity contribution in [2.75, 3.05) is 0 Å². The fraction of sp³-hybridized carbons (Fsp3) is 0.167. The van der Waals surface area contributed by atoms with E-state index >= 15 is 0 Å². The van der Waals surface area contributed by atoms with Gasteiger partial charge in [0.25, 0.3) is 0 Å². The molecule has 1 aromatic carbocycles. The summed E-state index contributed by atoms with van der Waals surface area (Å²) >= 11 is 5.48. The Morgan fingerprint density at radius 1 is 1.19 bits per heavy atom. The number of rotatable bonds is 4. The Labute approximate surface area is 125 Å². The van der Waals surface area contributed by atoms with E-state index in [-0.39, 0.29) is 15.7 Å². The molecule has 1 aromatic heterocycles. The fourth-order valence-corrected chi connectivity index (χ4v) is 2.81. The Balaban J connectivity index is 2.23. The van der Waals surface area contributed by atoms with Gasteiger partial charge in [0, 0.05) is 6.04 Å². The molecule has 0 bridgehead atoms.